The van der Waals surface area contributed by atoms with Crippen molar-refractivity contribution in [2.75, 3.05) is 32.7 Å². The molecule has 2 aromatic carbocycles. The van der Waals surface area contributed by atoms with Gasteiger partial charge in [-0.1, -0.05) is 36.8 Å². The molecule has 2 aliphatic rings. The van der Waals surface area contributed by atoms with Crippen molar-refractivity contribution in [1.29, 1.82) is 0 Å². The molecular formula is C28H34N6. The second-order valence-electron chi connectivity index (χ2n) is 10.0. The van der Waals surface area contributed by atoms with Crippen molar-refractivity contribution >= 4 is 10.9 Å². The highest BCUT2D eigenvalue weighted by molar-refractivity contribution is 5.85. The van der Waals surface area contributed by atoms with E-state index < -0.39 is 0 Å². The van der Waals surface area contributed by atoms with Gasteiger partial charge in [0, 0.05) is 42.8 Å². The van der Waals surface area contributed by atoms with Gasteiger partial charge in [-0.15, -0.1) is 0 Å². The van der Waals surface area contributed by atoms with E-state index in [1.165, 1.54) is 73.9 Å². The number of H-pyrrole nitrogens is 1. The van der Waals surface area contributed by atoms with Gasteiger partial charge in [-0.3, -0.25) is 4.90 Å². The largest absolute Gasteiger partial charge is 0.361 e. The first kappa shape index (κ1) is 21.6. The van der Waals surface area contributed by atoms with Gasteiger partial charge < -0.3 is 9.88 Å². The third-order valence-electron chi connectivity index (χ3n) is 7.79. The highest BCUT2D eigenvalue weighted by Crippen LogP contribution is 2.32. The van der Waals surface area contributed by atoms with E-state index in [1.54, 1.807) is 12.7 Å². The molecule has 6 rings (SSSR count). The van der Waals surface area contributed by atoms with Crippen molar-refractivity contribution in [1.82, 2.24) is 29.5 Å². The molecule has 0 amide bonds. The summed E-state index contributed by atoms with van der Waals surface area (Å²) in [7, 11) is 0. The van der Waals surface area contributed by atoms with Crippen LogP contribution < -0.4 is 0 Å². The average molecular weight is 455 g/mol. The molecule has 2 aliphatic heterocycles. The van der Waals surface area contributed by atoms with Gasteiger partial charge in [-0.2, -0.15) is 5.10 Å². The Morgan fingerprint density at radius 2 is 1.94 bits per heavy atom. The predicted octanol–water partition coefficient (Wildman–Crippen LogP) is 4.84. The molecule has 0 unspecified atom stereocenters. The van der Waals surface area contributed by atoms with Crippen LogP contribution in [-0.4, -0.2) is 62.3 Å². The number of benzene rings is 2. The maximum Gasteiger partial charge on any atom is 0.138 e. The zero-order chi connectivity index (χ0) is 22.7. The van der Waals surface area contributed by atoms with Crippen molar-refractivity contribution in [2.24, 2.45) is 5.92 Å². The molecule has 0 bridgehead atoms. The minimum absolute atomic E-state index is 0.606. The lowest BCUT2D eigenvalue weighted by molar-refractivity contribution is 0.125. The van der Waals surface area contributed by atoms with Gasteiger partial charge in [0.25, 0.3) is 0 Å². The van der Waals surface area contributed by atoms with E-state index in [4.69, 9.17) is 0 Å². The van der Waals surface area contributed by atoms with Crippen LogP contribution in [-0.2, 0) is 6.42 Å². The van der Waals surface area contributed by atoms with Gasteiger partial charge in [-0.25, -0.2) is 9.67 Å². The molecule has 2 saturated heterocycles. The SMILES string of the molecule is c1ccc([C@@H]2CCCCN2C[C@@H]2CCN(CCc3c[nH]c4ccc(-n5cncn5)cc34)C2)cc1. The van der Waals surface area contributed by atoms with Crippen LogP contribution in [0.25, 0.3) is 16.6 Å². The van der Waals surface area contributed by atoms with Crippen LogP contribution in [0.4, 0.5) is 0 Å². The lowest BCUT2D eigenvalue weighted by atomic mass is 9.94. The number of aromatic nitrogens is 4. The number of nitrogens with one attached hydrogen (secondary N) is 1. The normalized spacial score (nSPS) is 22.0. The molecule has 6 nitrogen and oxygen atoms in total. The zero-order valence-corrected chi connectivity index (χ0v) is 19.8. The van der Waals surface area contributed by atoms with Gasteiger partial charge in [0.1, 0.15) is 12.7 Å². The molecule has 2 fully saturated rings. The number of piperidine rings is 1. The fraction of sp³-hybridized carbons (Fsp3) is 0.429. The van der Waals surface area contributed by atoms with E-state index in [0.29, 0.717) is 6.04 Å². The van der Waals surface area contributed by atoms with E-state index in [-0.39, 0.29) is 0 Å². The Morgan fingerprint density at radius 1 is 1.00 bits per heavy atom. The van der Waals surface area contributed by atoms with Gasteiger partial charge >= 0.3 is 0 Å². The molecule has 1 N–H and O–H groups in total. The number of hydrogen-bond acceptors (Lipinski definition) is 4. The molecule has 176 valence electrons. The minimum Gasteiger partial charge on any atom is -0.361 e. The van der Waals surface area contributed by atoms with Crippen molar-refractivity contribution in [3.05, 3.63) is 78.5 Å². The third kappa shape index (κ3) is 4.52. The average Bonchev–Trinajstić information content (AvgIpc) is 3.65. The molecule has 4 heterocycles. The standard InChI is InChI=1S/C28H34N6/c1-2-6-23(7-3-1)28-8-4-5-13-33(28)19-22-11-14-32(18-22)15-12-24-17-30-27-10-9-25(16-26(24)27)34-21-29-20-31-34/h1-3,6-7,9-10,16-17,20-22,28,30H,4-5,8,11-15,18-19H2/t22-,28+/m1/s1. The maximum absolute atomic E-state index is 4.28. The molecule has 6 heteroatoms. The Kier molecular flexibility index (Phi) is 6.17. The van der Waals surface area contributed by atoms with Crippen LogP contribution in [0.5, 0.6) is 0 Å². The van der Waals surface area contributed by atoms with Gasteiger partial charge in [-0.05, 0) is 74.0 Å². The third-order valence-corrected chi connectivity index (χ3v) is 7.79. The smallest absolute Gasteiger partial charge is 0.138 e. The predicted molar refractivity (Wildman–Crippen MR) is 136 cm³/mol. The molecule has 2 atom stereocenters. The van der Waals surface area contributed by atoms with E-state index >= 15 is 0 Å². The Bertz CT molecular complexity index is 1200. The second-order valence-corrected chi connectivity index (χ2v) is 10.0. The Morgan fingerprint density at radius 3 is 2.82 bits per heavy atom. The summed E-state index contributed by atoms with van der Waals surface area (Å²) in [4.78, 5) is 13.0. The molecule has 0 spiro atoms. The van der Waals surface area contributed by atoms with E-state index in [9.17, 15) is 0 Å². The van der Waals surface area contributed by atoms with Gasteiger partial charge in [0.15, 0.2) is 0 Å². The first-order valence-electron chi connectivity index (χ1n) is 12.8. The molecule has 0 radical (unpaired) electrons. The van der Waals surface area contributed by atoms with Gasteiger partial charge in [0.2, 0.25) is 0 Å². The van der Waals surface area contributed by atoms with E-state index in [1.807, 2.05) is 4.68 Å². The van der Waals surface area contributed by atoms with Crippen molar-refractivity contribution < 1.29 is 0 Å². The molecule has 34 heavy (non-hydrogen) atoms. The Labute approximate surface area is 201 Å². The van der Waals surface area contributed by atoms with Crippen LogP contribution in [0.2, 0.25) is 0 Å². The Balaban J connectivity index is 1.07. The topological polar surface area (TPSA) is 53.0 Å². The monoisotopic (exact) mass is 454 g/mol. The maximum atomic E-state index is 4.28. The minimum atomic E-state index is 0.606. The first-order chi connectivity index (χ1) is 16.8. The summed E-state index contributed by atoms with van der Waals surface area (Å²) < 4.78 is 1.82. The molecular weight excluding hydrogens is 420 g/mol. The van der Waals surface area contributed by atoms with Gasteiger partial charge in [0.05, 0.1) is 5.69 Å². The summed E-state index contributed by atoms with van der Waals surface area (Å²) in [5.74, 6) is 0.784. The van der Waals surface area contributed by atoms with E-state index in [0.717, 1.165) is 24.6 Å². The zero-order valence-electron chi connectivity index (χ0n) is 19.8. The lowest BCUT2D eigenvalue weighted by Crippen LogP contribution is -2.38. The highest BCUT2D eigenvalue weighted by atomic mass is 15.3. The molecule has 2 aromatic heterocycles. The fourth-order valence-corrected chi connectivity index (χ4v) is 5.99. The Hall–Kier alpha value is -2.96. The number of aromatic amines is 1. The molecule has 0 saturated carbocycles. The summed E-state index contributed by atoms with van der Waals surface area (Å²) in [5, 5.41) is 5.57. The van der Waals surface area contributed by atoms with Crippen LogP contribution >= 0.6 is 0 Å². The van der Waals surface area contributed by atoms with Crippen molar-refractivity contribution in [2.45, 2.75) is 38.1 Å². The second kappa shape index (κ2) is 9.72. The number of rotatable bonds is 7. The van der Waals surface area contributed by atoms with Crippen LogP contribution in [0.15, 0.2) is 67.4 Å². The summed E-state index contributed by atoms with van der Waals surface area (Å²) >= 11 is 0. The number of fused-ring (bicyclic) bond motifs is 1. The van der Waals surface area contributed by atoms with E-state index in [2.05, 4.69) is 79.6 Å². The number of hydrogen-bond donors (Lipinski definition) is 1. The van der Waals surface area contributed by atoms with Crippen molar-refractivity contribution in [3.8, 4) is 5.69 Å². The first-order valence-corrected chi connectivity index (χ1v) is 12.8. The molecule has 0 aliphatic carbocycles. The van der Waals surface area contributed by atoms with Crippen LogP contribution in [0.1, 0.15) is 42.9 Å². The van der Waals surface area contributed by atoms with Crippen LogP contribution in [0, 0.1) is 5.92 Å². The summed E-state index contributed by atoms with van der Waals surface area (Å²) in [5.41, 5.74) is 5.14. The fourth-order valence-electron chi connectivity index (χ4n) is 5.99. The number of likely N-dealkylation sites (tertiary alicyclic amines) is 2. The summed E-state index contributed by atoms with van der Waals surface area (Å²) in [6.07, 6.45) is 11.9. The number of nitrogens with zero attached hydrogens (tertiary/aromatic N) is 5. The summed E-state index contributed by atoms with van der Waals surface area (Å²) in [6, 6.07) is 18.2. The van der Waals surface area contributed by atoms with Crippen molar-refractivity contribution in [3.63, 3.8) is 0 Å². The quantitative estimate of drug-likeness (QED) is 0.434. The van der Waals surface area contributed by atoms with Crippen LogP contribution in [0.3, 0.4) is 0 Å². The molecule has 4 aromatic rings. The highest BCUT2D eigenvalue weighted by Gasteiger charge is 2.29. The summed E-state index contributed by atoms with van der Waals surface area (Å²) in [6.45, 7) is 6.06. The lowest BCUT2D eigenvalue weighted by Gasteiger charge is -2.37.